The van der Waals surface area contributed by atoms with Crippen molar-refractivity contribution in [3.8, 4) is 0 Å². The zero-order valence-corrected chi connectivity index (χ0v) is 10.7. The number of esters is 1. The highest BCUT2D eigenvalue weighted by Gasteiger charge is 2.22. The van der Waals surface area contributed by atoms with Crippen molar-refractivity contribution in [3.63, 3.8) is 0 Å². The Morgan fingerprint density at radius 2 is 2.00 bits per heavy atom. The minimum Gasteiger partial charge on any atom is -0.459 e. The van der Waals surface area contributed by atoms with Gasteiger partial charge < -0.3 is 4.74 Å². The molecule has 1 rings (SSSR count). The normalized spacial score (nSPS) is 18.9. The lowest BCUT2D eigenvalue weighted by Crippen LogP contribution is -2.39. The third kappa shape index (κ3) is 4.89. The topological polar surface area (TPSA) is 29.5 Å². The Labute approximate surface area is 96.5 Å². The summed E-state index contributed by atoms with van der Waals surface area (Å²) in [5.41, 5.74) is -0.318. The van der Waals surface area contributed by atoms with Gasteiger partial charge in [-0.25, -0.2) is 0 Å². The third-order valence-electron chi connectivity index (χ3n) is 2.70. The number of carbonyl (C=O) groups is 1. The number of rotatable bonds is 4. The van der Waals surface area contributed by atoms with E-state index < -0.39 is 0 Å². The fraction of sp³-hybridized carbons (Fsp3) is 0.909. The van der Waals surface area contributed by atoms with Crippen molar-refractivity contribution in [1.82, 2.24) is 4.90 Å². The summed E-state index contributed by atoms with van der Waals surface area (Å²) in [6.45, 7) is 8.40. The maximum atomic E-state index is 11.6. The molecule has 0 bridgehead atoms. The summed E-state index contributed by atoms with van der Waals surface area (Å²) in [4.78, 5) is 13.8. The van der Waals surface area contributed by atoms with Gasteiger partial charge >= 0.3 is 5.97 Å². The lowest BCUT2D eigenvalue weighted by atomic mass is 10.1. The lowest BCUT2D eigenvalue weighted by molar-refractivity contribution is -0.157. The summed E-state index contributed by atoms with van der Waals surface area (Å²) < 4.78 is 5.40. The Kier molecular flexibility index (Phi) is 4.93. The van der Waals surface area contributed by atoms with Crippen molar-refractivity contribution in [2.24, 2.45) is 0 Å². The van der Waals surface area contributed by atoms with Gasteiger partial charge in [0.25, 0.3) is 0 Å². The van der Waals surface area contributed by atoms with Crippen LogP contribution in [0.4, 0.5) is 0 Å². The monoisotopic (exact) mass is 231 g/mol. The van der Waals surface area contributed by atoms with Gasteiger partial charge in [0.2, 0.25) is 0 Å². The van der Waals surface area contributed by atoms with Gasteiger partial charge in [-0.2, -0.15) is 11.8 Å². The predicted molar refractivity (Wildman–Crippen MR) is 64.2 cm³/mol. The molecular formula is C11H21NO2S. The first-order valence-corrected chi connectivity index (χ1v) is 6.71. The van der Waals surface area contributed by atoms with Crippen LogP contribution in [0.3, 0.4) is 0 Å². The van der Waals surface area contributed by atoms with Crippen LogP contribution in [0.5, 0.6) is 0 Å². The molecule has 0 spiro atoms. The quantitative estimate of drug-likeness (QED) is 0.690. The molecule has 1 heterocycles. The summed E-state index contributed by atoms with van der Waals surface area (Å²) in [5.74, 6) is 2.17. The number of ether oxygens (including phenoxy) is 1. The highest BCUT2D eigenvalue weighted by Crippen LogP contribution is 2.15. The molecule has 0 radical (unpaired) electrons. The van der Waals surface area contributed by atoms with Crippen molar-refractivity contribution in [1.29, 1.82) is 0 Å². The van der Waals surface area contributed by atoms with E-state index in [0.717, 1.165) is 31.0 Å². The smallest absolute Gasteiger partial charge is 0.320 e. The first-order chi connectivity index (χ1) is 7.03. The van der Waals surface area contributed by atoms with Gasteiger partial charge in [0.1, 0.15) is 5.60 Å². The summed E-state index contributed by atoms with van der Waals surface area (Å²) in [5, 5.41) is 0. The largest absolute Gasteiger partial charge is 0.459 e. The molecule has 0 aliphatic carbocycles. The van der Waals surface area contributed by atoms with Crippen LogP contribution in [0.1, 0.15) is 27.2 Å². The maximum Gasteiger partial charge on any atom is 0.320 e. The van der Waals surface area contributed by atoms with E-state index in [9.17, 15) is 4.79 Å². The van der Waals surface area contributed by atoms with Gasteiger partial charge in [0, 0.05) is 24.6 Å². The Morgan fingerprint density at radius 3 is 2.53 bits per heavy atom. The van der Waals surface area contributed by atoms with E-state index in [1.54, 1.807) is 0 Å². The Morgan fingerprint density at radius 1 is 1.40 bits per heavy atom. The van der Waals surface area contributed by atoms with Crippen molar-refractivity contribution >= 4 is 17.7 Å². The number of hydrogen-bond donors (Lipinski definition) is 0. The fourth-order valence-corrected chi connectivity index (χ4v) is 2.33. The SMILES string of the molecule is CCC(C)(C)OC(=O)CN1CCSCC1. The predicted octanol–water partition coefficient (Wildman–Crippen LogP) is 1.77. The zero-order chi connectivity index (χ0) is 11.3. The van der Waals surface area contributed by atoms with Crippen LogP contribution < -0.4 is 0 Å². The molecule has 0 saturated carbocycles. The highest BCUT2D eigenvalue weighted by atomic mass is 32.2. The van der Waals surface area contributed by atoms with E-state index in [0.29, 0.717) is 6.54 Å². The molecule has 0 unspecified atom stereocenters. The van der Waals surface area contributed by atoms with E-state index in [-0.39, 0.29) is 11.6 Å². The maximum absolute atomic E-state index is 11.6. The molecular weight excluding hydrogens is 210 g/mol. The average Bonchev–Trinajstić information content (AvgIpc) is 2.18. The first kappa shape index (κ1) is 12.8. The fourth-order valence-electron chi connectivity index (χ4n) is 1.35. The second-order valence-electron chi connectivity index (χ2n) is 4.48. The highest BCUT2D eigenvalue weighted by molar-refractivity contribution is 7.99. The van der Waals surface area contributed by atoms with Crippen molar-refractivity contribution in [2.45, 2.75) is 32.8 Å². The number of thioether (sulfide) groups is 1. The van der Waals surface area contributed by atoms with Gasteiger partial charge in [-0.1, -0.05) is 6.92 Å². The molecule has 1 fully saturated rings. The average molecular weight is 231 g/mol. The lowest BCUT2D eigenvalue weighted by Gasteiger charge is -2.28. The minimum absolute atomic E-state index is 0.0891. The molecule has 1 saturated heterocycles. The molecule has 3 nitrogen and oxygen atoms in total. The van der Waals surface area contributed by atoms with Gasteiger partial charge in [-0.05, 0) is 20.3 Å². The Bertz CT molecular complexity index is 213. The molecule has 0 N–H and O–H groups in total. The molecule has 0 amide bonds. The Balaban J connectivity index is 2.28. The molecule has 88 valence electrons. The van der Waals surface area contributed by atoms with E-state index in [1.165, 1.54) is 0 Å². The van der Waals surface area contributed by atoms with Gasteiger partial charge in [0.15, 0.2) is 0 Å². The summed E-state index contributed by atoms with van der Waals surface area (Å²) in [6, 6.07) is 0. The summed E-state index contributed by atoms with van der Waals surface area (Å²) >= 11 is 1.95. The van der Waals surface area contributed by atoms with Crippen LogP contribution in [-0.4, -0.2) is 47.6 Å². The van der Waals surface area contributed by atoms with Crippen LogP contribution in [-0.2, 0) is 9.53 Å². The second-order valence-corrected chi connectivity index (χ2v) is 5.70. The van der Waals surface area contributed by atoms with Crippen LogP contribution >= 0.6 is 11.8 Å². The van der Waals surface area contributed by atoms with Gasteiger partial charge in [0.05, 0.1) is 6.54 Å². The first-order valence-electron chi connectivity index (χ1n) is 5.55. The molecule has 1 aliphatic heterocycles. The van der Waals surface area contributed by atoms with E-state index in [4.69, 9.17) is 4.74 Å². The molecule has 15 heavy (non-hydrogen) atoms. The second kappa shape index (κ2) is 5.75. The number of hydrogen-bond acceptors (Lipinski definition) is 4. The van der Waals surface area contributed by atoms with Crippen LogP contribution in [0.15, 0.2) is 0 Å². The number of nitrogens with zero attached hydrogens (tertiary/aromatic N) is 1. The van der Waals surface area contributed by atoms with Crippen LogP contribution in [0, 0.1) is 0 Å². The molecule has 0 atom stereocenters. The molecule has 4 heteroatoms. The molecule has 0 aromatic heterocycles. The van der Waals surface area contributed by atoms with Crippen LogP contribution in [0.25, 0.3) is 0 Å². The zero-order valence-electron chi connectivity index (χ0n) is 9.91. The summed E-state index contributed by atoms with van der Waals surface area (Å²) in [6.07, 6.45) is 0.856. The van der Waals surface area contributed by atoms with Crippen molar-refractivity contribution in [3.05, 3.63) is 0 Å². The van der Waals surface area contributed by atoms with Crippen LogP contribution in [0.2, 0.25) is 0 Å². The van der Waals surface area contributed by atoms with Crippen molar-refractivity contribution < 1.29 is 9.53 Å². The number of carbonyl (C=O) groups excluding carboxylic acids is 1. The standard InChI is InChI=1S/C11H21NO2S/c1-4-11(2,3)14-10(13)9-12-5-7-15-8-6-12/h4-9H2,1-3H3. The third-order valence-corrected chi connectivity index (χ3v) is 3.64. The minimum atomic E-state index is -0.318. The van der Waals surface area contributed by atoms with E-state index >= 15 is 0 Å². The molecule has 0 aromatic carbocycles. The van der Waals surface area contributed by atoms with Crippen molar-refractivity contribution in [2.75, 3.05) is 31.1 Å². The summed E-state index contributed by atoms with van der Waals surface area (Å²) in [7, 11) is 0. The van der Waals surface area contributed by atoms with Gasteiger partial charge in [-0.3, -0.25) is 9.69 Å². The Hall–Kier alpha value is -0.220. The van der Waals surface area contributed by atoms with E-state index in [2.05, 4.69) is 4.90 Å². The molecule has 1 aliphatic rings. The molecule has 0 aromatic rings. The van der Waals surface area contributed by atoms with E-state index in [1.807, 2.05) is 32.5 Å². The van der Waals surface area contributed by atoms with Gasteiger partial charge in [-0.15, -0.1) is 0 Å².